The Bertz CT molecular complexity index is 3120. The molecule has 268 valence electrons. The lowest BCUT2D eigenvalue weighted by molar-refractivity contribution is 0.629. The van der Waals surface area contributed by atoms with Crippen LogP contribution in [0.5, 0.6) is 0 Å². The van der Waals surface area contributed by atoms with Gasteiger partial charge in [-0.1, -0.05) is 127 Å². The number of rotatable bonds is 5. The predicted octanol–water partition coefficient (Wildman–Crippen LogP) is 11.4. The molecule has 0 fully saturated rings. The number of aromatic nitrogens is 4. The highest BCUT2D eigenvalue weighted by molar-refractivity contribution is 6.08. The molecular weight excluding hydrogens is 695 g/mol. The first-order valence-electron chi connectivity index (χ1n) is 19.5. The summed E-state index contributed by atoms with van der Waals surface area (Å²) in [6.07, 6.45) is 5.63. The quantitative estimate of drug-likeness (QED) is 0.192. The largest absolute Gasteiger partial charge is 0.381 e. The first-order valence-corrected chi connectivity index (χ1v) is 19.5. The average molecular weight is 730 g/mol. The van der Waals surface area contributed by atoms with Crippen molar-refractivity contribution in [2.24, 2.45) is 0 Å². The van der Waals surface area contributed by atoms with Crippen molar-refractivity contribution in [2.75, 3.05) is 0 Å². The molecular formula is C52H35N5. The van der Waals surface area contributed by atoms with E-state index in [0.29, 0.717) is 6.54 Å². The summed E-state index contributed by atoms with van der Waals surface area (Å²) in [5.74, 6) is 0. The summed E-state index contributed by atoms with van der Waals surface area (Å²) in [6.45, 7) is 0.703. The minimum absolute atomic E-state index is 0.471. The van der Waals surface area contributed by atoms with E-state index in [1.54, 1.807) is 0 Å². The highest BCUT2D eigenvalue weighted by Gasteiger charge is 2.50. The molecule has 2 aliphatic rings. The first kappa shape index (κ1) is 31.8. The summed E-state index contributed by atoms with van der Waals surface area (Å²) in [7, 11) is 0. The van der Waals surface area contributed by atoms with Crippen LogP contribution < -0.4 is 5.32 Å². The minimum Gasteiger partial charge on any atom is -0.381 e. The standard InChI is InChI=1S/C52H35N5/c1-3-12-36(13-4-1)52(37-14-5-2-6-15-37)44-19-9-7-16-42(44)49-48-43-17-8-10-20-45(43)56(47(48)33-55-50(49)52)38-25-21-34(22-26-38)35-23-27-39(28-24-35)57-46-32-53-31-29-40(46)41-18-11-30-54-51(41)57/h1-32,55H,33H2. The Morgan fingerprint density at radius 2 is 1.14 bits per heavy atom. The number of hydrogen-bond acceptors (Lipinski definition) is 3. The highest BCUT2D eigenvalue weighted by atomic mass is 15.1. The molecule has 1 aliphatic heterocycles. The second kappa shape index (κ2) is 12.3. The Balaban J connectivity index is 0.984. The van der Waals surface area contributed by atoms with Crippen LogP contribution in [0.15, 0.2) is 200 Å². The summed E-state index contributed by atoms with van der Waals surface area (Å²) in [5, 5.41) is 7.61. The van der Waals surface area contributed by atoms with Crippen LogP contribution in [-0.2, 0) is 12.0 Å². The van der Waals surface area contributed by atoms with E-state index < -0.39 is 5.41 Å². The molecule has 1 N–H and O–H groups in total. The van der Waals surface area contributed by atoms with Crippen LogP contribution in [0.4, 0.5) is 0 Å². The zero-order chi connectivity index (χ0) is 37.5. The molecule has 0 bridgehead atoms. The molecule has 0 radical (unpaired) electrons. The van der Waals surface area contributed by atoms with Gasteiger partial charge in [0.2, 0.25) is 0 Å². The van der Waals surface area contributed by atoms with Gasteiger partial charge in [-0.25, -0.2) is 4.98 Å². The molecule has 4 aromatic heterocycles. The molecule has 1 aliphatic carbocycles. The molecule has 5 nitrogen and oxygen atoms in total. The van der Waals surface area contributed by atoms with E-state index in [2.05, 4.69) is 189 Å². The summed E-state index contributed by atoms with van der Waals surface area (Å²) in [5.41, 5.74) is 17.5. The van der Waals surface area contributed by atoms with Gasteiger partial charge < -0.3 is 9.88 Å². The highest BCUT2D eigenvalue weighted by Crippen LogP contribution is 2.57. The van der Waals surface area contributed by atoms with E-state index in [-0.39, 0.29) is 0 Å². The van der Waals surface area contributed by atoms with Gasteiger partial charge in [0, 0.05) is 56.8 Å². The molecule has 12 rings (SSSR count). The topological polar surface area (TPSA) is 47.7 Å². The number of para-hydroxylation sites is 1. The Morgan fingerprint density at radius 1 is 0.509 bits per heavy atom. The van der Waals surface area contributed by atoms with Gasteiger partial charge >= 0.3 is 0 Å². The van der Waals surface area contributed by atoms with Gasteiger partial charge in [-0.3, -0.25) is 9.55 Å². The van der Waals surface area contributed by atoms with Gasteiger partial charge in [0.25, 0.3) is 0 Å². The van der Waals surface area contributed by atoms with Crippen molar-refractivity contribution >= 4 is 38.4 Å². The van der Waals surface area contributed by atoms with Gasteiger partial charge in [0.1, 0.15) is 5.65 Å². The Kier molecular flexibility index (Phi) is 6.84. The molecule has 5 heteroatoms. The molecule has 57 heavy (non-hydrogen) atoms. The van der Waals surface area contributed by atoms with Crippen molar-refractivity contribution in [2.45, 2.75) is 12.0 Å². The van der Waals surface area contributed by atoms with E-state index >= 15 is 0 Å². The normalized spacial score (nSPS) is 14.1. The Hall–Kier alpha value is -7.50. The molecule has 0 unspecified atom stereocenters. The number of nitrogens with zero attached hydrogens (tertiary/aromatic N) is 4. The lowest BCUT2D eigenvalue weighted by Gasteiger charge is -2.37. The van der Waals surface area contributed by atoms with Gasteiger partial charge in [0.05, 0.1) is 34.9 Å². The lowest BCUT2D eigenvalue weighted by atomic mass is 9.69. The summed E-state index contributed by atoms with van der Waals surface area (Å²) in [6, 6.07) is 64.0. The van der Waals surface area contributed by atoms with E-state index in [9.17, 15) is 0 Å². The van der Waals surface area contributed by atoms with Gasteiger partial charge in [-0.05, 0) is 81.9 Å². The molecule has 0 amide bonds. The number of nitrogens with one attached hydrogen (secondary N) is 1. The van der Waals surface area contributed by atoms with Gasteiger partial charge in [-0.2, -0.15) is 0 Å². The average Bonchev–Trinajstić information content (AvgIpc) is 3.92. The van der Waals surface area contributed by atoms with Crippen LogP contribution in [0.25, 0.3) is 60.9 Å². The van der Waals surface area contributed by atoms with Crippen molar-refractivity contribution in [3.05, 3.63) is 234 Å². The van der Waals surface area contributed by atoms with E-state index in [4.69, 9.17) is 4.98 Å². The van der Waals surface area contributed by atoms with Gasteiger partial charge in [-0.15, -0.1) is 0 Å². The molecule has 10 aromatic rings. The SMILES string of the molecule is c1ccc(C2(c3ccccc3)C3=C(c4ccccc42)c2c(n(-c4ccc(-c5ccc(-n6c7cnccc7c7cccnc76)cc5)cc4)c4ccccc24)CN3)cc1. The molecule has 6 aromatic carbocycles. The number of allylic oxidation sites excluding steroid dienone is 1. The number of hydrogen-bond donors (Lipinski definition) is 1. The van der Waals surface area contributed by atoms with Crippen molar-refractivity contribution in [1.29, 1.82) is 0 Å². The van der Waals surface area contributed by atoms with E-state index in [1.807, 2.05) is 24.7 Å². The Morgan fingerprint density at radius 3 is 1.88 bits per heavy atom. The van der Waals surface area contributed by atoms with Crippen molar-refractivity contribution in [3.63, 3.8) is 0 Å². The zero-order valence-corrected chi connectivity index (χ0v) is 31.0. The molecule has 0 atom stereocenters. The summed E-state index contributed by atoms with van der Waals surface area (Å²) < 4.78 is 4.66. The van der Waals surface area contributed by atoms with Crippen molar-refractivity contribution in [1.82, 2.24) is 24.4 Å². The van der Waals surface area contributed by atoms with E-state index in [0.717, 1.165) is 38.9 Å². The van der Waals surface area contributed by atoms with Gasteiger partial charge in [0.15, 0.2) is 0 Å². The van der Waals surface area contributed by atoms with E-state index in [1.165, 1.54) is 61.2 Å². The molecule has 0 saturated heterocycles. The maximum atomic E-state index is 4.75. The molecule has 5 heterocycles. The van der Waals surface area contributed by atoms with Crippen LogP contribution in [0.1, 0.15) is 33.5 Å². The fourth-order valence-corrected chi connectivity index (χ4v) is 9.87. The maximum absolute atomic E-state index is 4.75. The number of pyridine rings is 2. The minimum atomic E-state index is -0.471. The summed E-state index contributed by atoms with van der Waals surface area (Å²) in [4.78, 5) is 9.19. The van der Waals surface area contributed by atoms with Crippen LogP contribution in [0.2, 0.25) is 0 Å². The fourth-order valence-electron chi connectivity index (χ4n) is 9.87. The fraction of sp³-hybridized carbons (Fsp3) is 0.0385. The Labute approximate surface area is 329 Å². The van der Waals surface area contributed by atoms with Crippen LogP contribution in [0.3, 0.4) is 0 Å². The zero-order valence-electron chi connectivity index (χ0n) is 31.0. The second-order valence-electron chi connectivity index (χ2n) is 15.0. The third kappa shape index (κ3) is 4.45. The maximum Gasteiger partial charge on any atom is 0.145 e. The summed E-state index contributed by atoms with van der Waals surface area (Å²) >= 11 is 0. The second-order valence-corrected chi connectivity index (χ2v) is 15.0. The van der Waals surface area contributed by atoms with Crippen LogP contribution in [-0.4, -0.2) is 19.1 Å². The predicted molar refractivity (Wildman–Crippen MR) is 231 cm³/mol. The molecule has 0 spiro atoms. The molecule has 0 saturated carbocycles. The smallest absolute Gasteiger partial charge is 0.145 e. The van der Waals surface area contributed by atoms with Crippen molar-refractivity contribution in [3.8, 4) is 22.5 Å². The third-order valence-electron chi connectivity index (χ3n) is 12.2. The number of fused-ring (bicyclic) bond motifs is 9. The first-order chi connectivity index (χ1) is 28.3. The van der Waals surface area contributed by atoms with Crippen molar-refractivity contribution < 1.29 is 0 Å². The monoisotopic (exact) mass is 729 g/mol. The lowest BCUT2D eigenvalue weighted by Crippen LogP contribution is -2.37. The third-order valence-corrected chi connectivity index (χ3v) is 12.2. The van der Waals surface area contributed by atoms with Crippen LogP contribution >= 0.6 is 0 Å². The number of benzene rings is 6. The van der Waals surface area contributed by atoms with Crippen LogP contribution in [0, 0.1) is 0 Å².